The van der Waals surface area contributed by atoms with Crippen LogP contribution in [0, 0.1) is 0 Å². The van der Waals surface area contributed by atoms with Gasteiger partial charge >= 0.3 is 0 Å². The van der Waals surface area contributed by atoms with Crippen LogP contribution in [0.3, 0.4) is 0 Å². The highest BCUT2D eigenvalue weighted by Gasteiger charge is 2.36. The van der Waals surface area contributed by atoms with E-state index in [-0.39, 0.29) is 18.0 Å². The van der Waals surface area contributed by atoms with Crippen LogP contribution in [0.1, 0.15) is 59.6 Å². The van der Waals surface area contributed by atoms with E-state index >= 15 is 0 Å². The molecule has 0 bridgehead atoms. The maximum atomic E-state index is 13.3. The topological polar surface area (TPSA) is 79.9 Å². The second kappa shape index (κ2) is 11.0. The van der Waals surface area contributed by atoms with E-state index < -0.39 is 0 Å². The number of anilines is 2. The molecule has 0 fully saturated rings. The van der Waals surface area contributed by atoms with Gasteiger partial charge in [0, 0.05) is 34.6 Å². The van der Waals surface area contributed by atoms with Gasteiger partial charge in [-0.2, -0.15) is 0 Å². The summed E-state index contributed by atoms with van der Waals surface area (Å²) < 4.78 is 11.0. The Bertz CT molecular complexity index is 1180. The van der Waals surface area contributed by atoms with Crippen molar-refractivity contribution in [1.82, 2.24) is 4.90 Å². The predicted molar refractivity (Wildman–Crippen MR) is 137 cm³/mol. The molecule has 182 valence electrons. The molecule has 0 saturated carbocycles. The fourth-order valence-electron chi connectivity index (χ4n) is 4.16. The van der Waals surface area contributed by atoms with Crippen LogP contribution >= 0.6 is 0 Å². The van der Waals surface area contributed by atoms with Crippen molar-refractivity contribution in [3.63, 3.8) is 0 Å². The molecule has 0 spiro atoms. The summed E-state index contributed by atoms with van der Waals surface area (Å²) in [4.78, 5) is 28.0. The Balaban J connectivity index is 1.54. The minimum atomic E-state index is -0.307. The van der Waals surface area contributed by atoms with Gasteiger partial charge in [-0.25, -0.2) is 0 Å². The van der Waals surface area contributed by atoms with Gasteiger partial charge in [-0.1, -0.05) is 13.0 Å². The molecular weight excluding hydrogens is 442 g/mol. The lowest BCUT2D eigenvalue weighted by molar-refractivity contribution is 0.0743. The highest BCUT2D eigenvalue weighted by molar-refractivity contribution is 6.07. The van der Waals surface area contributed by atoms with E-state index in [1.54, 1.807) is 24.3 Å². The molecule has 0 radical (unpaired) electrons. The van der Waals surface area contributed by atoms with E-state index in [1.807, 2.05) is 68.1 Å². The van der Waals surface area contributed by atoms with E-state index in [4.69, 9.17) is 9.47 Å². The Labute approximate surface area is 206 Å². The summed E-state index contributed by atoms with van der Waals surface area (Å²) in [5.74, 6) is 1.20. The third kappa shape index (κ3) is 5.40. The zero-order valence-electron chi connectivity index (χ0n) is 20.3. The third-order valence-electron chi connectivity index (χ3n) is 5.77. The molecule has 0 saturated heterocycles. The molecule has 7 heteroatoms. The number of nitrogens with zero attached hydrogens (tertiary/aromatic N) is 1. The fourth-order valence-corrected chi connectivity index (χ4v) is 4.16. The lowest BCUT2D eigenvalue weighted by Crippen LogP contribution is -2.32. The van der Waals surface area contributed by atoms with Gasteiger partial charge in [-0.3, -0.25) is 9.59 Å². The molecule has 3 aromatic carbocycles. The van der Waals surface area contributed by atoms with Gasteiger partial charge in [0.25, 0.3) is 11.8 Å². The summed E-state index contributed by atoms with van der Waals surface area (Å²) in [7, 11) is 0. The number of amides is 2. The lowest BCUT2D eigenvalue weighted by atomic mass is 10.0. The van der Waals surface area contributed by atoms with Crippen LogP contribution < -0.4 is 20.1 Å². The Morgan fingerprint density at radius 3 is 2.03 bits per heavy atom. The molecule has 4 rings (SSSR count). The molecule has 7 nitrogen and oxygen atoms in total. The largest absolute Gasteiger partial charge is 0.494 e. The molecule has 1 atom stereocenters. The summed E-state index contributed by atoms with van der Waals surface area (Å²) in [5, 5.41) is 6.36. The van der Waals surface area contributed by atoms with Crippen molar-refractivity contribution in [3.8, 4) is 11.5 Å². The molecule has 2 amide bonds. The summed E-state index contributed by atoms with van der Waals surface area (Å²) in [6, 6.07) is 20.2. The first-order valence-corrected chi connectivity index (χ1v) is 12.0. The van der Waals surface area contributed by atoms with E-state index in [2.05, 4.69) is 10.6 Å². The maximum Gasteiger partial charge on any atom is 0.256 e. The average Bonchev–Trinajstić information content (AvgIpc) is 3.12. The van der Waals surface area contributed by atoms with Crippen LogP contribution in [0.4, 0.5) is 11.4 Å². The molecule has 3 aromatic rings. The lowest BCUT2D eigenvalue weighted by Gasteiger charge is -2.26. The van der Waals surface area contributed by atoms with Gasteiger partial charge in [0.1, 0.15) is 17.7 Å². The van der Waals surface area contributed by atoms with Gasteiger partial charge in [0.15, 0.2) is 0 Å². The minimum Gasteiger partial charge on any atom is -0.494 e. The molecule has 35 heavy (non-hydrogen) atoms. The van der Waals surface area contributed by atoms with Crippen LogP contribution in [-0.2, 0) is 0 Å². The second-order valence-electron chi connectivity index (χ2n) is 8.22. The number of hydrogen-bond acceptors (Lipinski definition) is 5. The van der Waals surface area contributed by atoms with Crippen LogP contribution in [0.2, 0.25) is 0 Å². The first-order valence-electron chi connectivity index (χ1n) is 12.0. The molecular formula is C28H31N3O4. The number of benzene rings is 3. The van der Waals surface area contributed by atoms with Crippen molar-refractivity contribution < 1.29 is 19.1 Å². The van der Waals surface area contributed by atoms with Gasteiger partial charge in [0.05, 0.1) is 13.2 Å². The SMILES string of the molecule is CCCN1C(=O)c2cc(C(=O)Nc3ccc(OCC)cc3)ccc2[C@@H]1Nc1ccc(OCC)cc1. The molecule has 0 unspecified atom stereocenters. The summed E-state index contributed by atoms with van der Waals surface area (Å²) in [6.07, 6.45) is 0.519. The van der Waals surface area contributed by atoms with Crippen molar-refractivity contribution in [2.24, 2.45) is 0 Å². The molecule has 2 N–H and O–H groups in total. The van der Waals surface area contributed by atoms with Gasteiger partial charge < -0.3 is 25.0 Å². The Hall–Kier alpha value is -4.00. The van der Waals surface area contributed by atoms with Gasteiger partial charge in [-0.15, -0.1) is 0 Å². The number of hydrogen-bond donors (Lipinski definition) is 2. The van der Waals surface area contributed by atoms with E-state index in [9.17, 15) is 9.59 Å². The predicted octanol–water partition coefficient (Wildman–Crippen LogP) is 5.71. The molecule has 0 aliphatic carbocycles. The maximum absolute atomic E-state index is 13.3. The monoisotopic (exact) mass is 473 g/mol. The smallest absolute Gasteiger partial charge is 0.256 e. The summed E-state index contributed by atoms with van der Waals surface area (Å²) in [5.41, 5.74) is 3.38. The van der Waals surface area contributed by atoms with E-state index in [0.29, 0.717) is 36.6 Å². The summed E-state index contributed by atoms with van der Waals surface area (Å²) in [6.45, 7) is 7.71. The molecule has 1 aliphatic rings. The molecule has 0 aromatic heterocycles. The zero-order valence-corrected chi connectivity index (χ0v) is 20.3. The van der Waals surface area contributed by atoms with Crippen LogP contribution in [0.25, 0.3) is 0 Å². The van der Waals surface area contributed by atoms with E-state index in [1.165, 1.54) is 0 Å². The van der Waals surface area contributed by atoms with Crippen LogP contribution in [-0.4, -0.2) is 36.5 Å². The van der Waals surface area contributed by atoms with Gasteiger partial charge in [0.2, 0.25) is 0 Å². The Morgan fingerprint density at radius 2 is 1.46 bits per heavy atom. The van der Waals surface area contributed by atoms with Crippen LogP contribution in [0.15, 0.2) is 66.7 Å². The molecule has 1 aliphatic heterocycles. The van der Waals surface area contributed by atoms with E-state index in [0.717, 1.165) is 29.2 Å². The van der Waals surface area contributed by atoms with Crippen LogP contribution in [0.5, 0.6) is 11.5 Å². The number of fused-ring (bicyclic) bond motifs is 1. The highest BCUT2D eigenvalue weighted by atomic mass is 16.5. The number of rotatable bonds is 10. The van der Waals surface area contributed by atoms with Crippen molar-refractivity contribution in [1.29, 1.82) is 0 Å². The Morgan fingerprint density at radius 1 is 0.857 bits per heavy atom. The van der Waals surface area contributed by atoms with Gasteiger partial charge in [-0.05, 0) is 80.9 Å². The zero-order chi connectivity index (χ0) is 24.8. The van der Waals surface area contributed by atoms with Crippen molar-refractivity contribution in [3.05, 3.63) is 83.4 Å². The quantitative estimate of drug-likeness (QED) is 0.394. The minimum absolute atomic E-state index is 0.0824. The number of carbonyl (C=O) groups is 2. The van der Waals surface area contributed by atoms with Crippen molar-refractivity contribution in [2.45, 2.75) is 33.4 Å². The first kappa shape index (κ1) is 24.1. The van der Waals surface area contributed by atoms with Crippen molar-refractivity contribution in [2.75, 3.05) is 30.4 Å². The first-order chi connectivity index (χ1) is 17.0. The highest BCUT2D eigenvalue weighted by Crippen LogP contribution is 2.35. The Kier molecular flexibility index (Phi) is 7.55. The normalized spacial score (nSPS) is 14.4. The van der Waals surface area contributed by atoms with Crippen molar-refractivity contribution >= 4 is 23.2 Å². The number of nitrogens with one attached hydrogen (secondary N) is 2. The second-order valence-corrected chi connectivity index (χ2v) is 8.22. The fraction of sp³-hybridized carbons (Fsp3) is 0.286. The third-order valence-corrected chi connectivity index (χ3v) is 5.77. The average molecular weight is 474 g/mol. The molecule has 1 heterocycles. The number of carbonyl (C=O) groups excluding carboxylic acids is 2. The number of ether oxygens (including phenoxy) is 2. The summed E-state index contributed by atoms with van der Waals surface area (Å²) >= 11 is 0. The standard InChI is InChI=1S/C28H31N3O4/c1-4-17-31-26(29-20-8-12-22(13-9-20)34-5-2)24-16-7-19(18-25(24)28(31)33)27(32)30-21-10-14-23(15-11-21)35-6-3/h7-16,18,26,29H,4-6,17H2,1-3H3,(H,30,32)/t26-/m1/s1.